The SMILES string of the molecule is CCC(=O)OCC(=O)[C@@]1(OC(=O)CC)[C@@H](C)C[C@H]2[C@@H]3CCC4=CC(=O)C=C[C@]4(C)[C@@]3(F)[C@@H](O)C[C@@]21C.CN1CCC[C@@H]1CCO[C@](C)(c1ccccc1)c1ccc(Cl)cc1. The van der Waals surface area contributed by atoms with E-state index in [1.54, 1.807) is 33.8 Å². The van der Waals surface area contributed by atoms with Crippen LogP contribution in [-0.2, 0) is 39.0 Å². The molecule has 7 rings (SSSR count). The zero-order valence-electron chi connectivity index (χ0n) is 36.3. The zero-order valence-corrected chi connectivity index (χ0v) is 37.1. The second kappa shape index (κ2) is 18.0. The molecule has 0 amide bonds. The van der Waals surface area contributed by atoms with Gasteiger partial charge in [-0.1, -0.05) is 93.4 Å². The van der Waals surface area contributed by atoms with Gasteiger partial charge in [0.05, 0.1) is 6.10 Å². The summed E-state index contributed by atoms with van der Waals surface area (Å²) in [5, 5.41) is 12.3. The summed E-state index contributed by atoms with van der Waals surface area (Å²) in [6.45, 7) is 12.2. The molecule has 9 nitrogen and oxygen atoms in total. The van der Waals surface area contributed by atoms with Crippen molar-refractivity contribution in [3.05, 3.63) is 94.5 Å². The van der Waals surface area contributed by atoms with Gasteiger partial charge in [0.25, 0.3) is 0 Å². The molecule has 5 aliphatic rings. The second-order valence-electron chi connectivity index (χ2n) is 18.2. The molecule has 4 fully saturated rings. The first-order valence-electron chi connectivity index (χ1n) is 21.8. The number of carbonyl (C=O) groups is 4. The Kier molecular flexibility index (Phi) is 13.7. The number of Topliss-reactive ketones (excluding diaryl/α,β-unsaturated/α-hetero) is 1. The molecular weight excluding hydrogens is 785 g/mol. The lowest BCUT2D eigenvalue weighted by atomic mass is 9.44. The summed E-state index contributed by atoms with van der Waals surface area (Å²) in [5.41, 5.74) is -3.41. The number of aliphatic hydroxyl groups excluding tert-OH is 1. The number of aliphatic hydroxyl groups is 1. The fraction of sp³-hybridized carbons (Fsp3) is 0.592. The number of halogens is 2. The Morgan fingerprint density at radius 1 is 0.983 bits per heavy atom. The van der Waals surface area contributed by atoms with E-state index in [1.807, 2.05) is 25.1 Å². The Morgan fingerprint density at radius 2 is 1.65 bits per heavy atom. The Morgan fingerprint density at radius 3 is 2.28 bits per heavy atom. The Balaban J connectivity index is 0.000000218. The molecule has 4 aliphatic carbocycles. The third kappa shape index (κ3) is 7.95. The topological polar surface area (TPSA) is 119 Å². The molecule has 326 valence electrons. The van der Waals surface area contributed by atoms with Crippen LogP contribution in [-0.4, -0.2) is 83.7 Å². The predicted molar refractivity (Wildman–Crippen MR) is 229 cm³/mol. The van der Waals surface area contributed by atoms with Gasteiger partial charge in [0.2, 0.25) is 5.78 Å². The van der Waals surface area contributed by atoms with Gasteiger partial charge in [-0.05, 0) is 114 Å². The van der Waals surface area contributed by atoms with E-state index in [1.165, 1.54) is 37.1 Å². The van der Waals surface area contributed by atoms with Gasteiger partial charge in [-0.2, -0.15) is 0 Å². The molecule has 0 bridgehead atoms. The Bertz CT molecular complexity index is 1970. The van der Waals surface area contributed by atoms with Crippen molar-refractivity contribution in [2.45, 2.75) is 128 Å². The lowest BCUT2D eigenvalue weighted by molar-refractivity contribution is -0.228. The predicted octanol–water partition coefficient (Wildman–Crippen LogP) is 8.92. The van der Waals surface area contributed by atoms with Crippen molar-refractivity contribution in [2.75, 3.05) is 26.8 Å². The van der Waals surface area contributed by atoms with E-state index >= 15 is 4.39 Å². The van der Waals surface area contributed by atoms with Gasteiger partial charge in [0.15, 0.2) is 23.7 Å². The fourth-order valence-corrected chi connectivity index (χ4v) is 11.7. The van der Waals surface area contributed by atoms with Crippen LogP contribution in [0.1, 0.15) is 110 Å². The van der Waals surface area contributed by atoms with Crippen molar-refractivity contribution in [3.8, 4) is 0 Å². The lowest BCUT2D eigenvalue weighted by Gasteiger charge is -2.62. The number of alkyl halides is 1. The summed E-state index contributed by atoms with van der Waals surface area (Å²) in [4.78, 5) is 52.8. The van der Waals surface area contributed by atoms with Gasteiger partial charge in [-0.25, -0.2) is 4.39 Å². The summed E-state index contributed by atoms with van der Waals surface area (Å²) in [7, 11) is 2.22. The van der Waals surface area contributed by atoms with E-state index in [-0.39, 0.29) is 31.0 Å². The normalized spacial score (nSPS) is 34.2. The van der Waals surface area contributed by atoms with E-state index in [0.717, 1.165) is 23.6 Å². The van der Waals surface area contributed by atoms with Crippen molar-refractivity contribution in [3.63, 3.8) is 0 Å². The number of ketones is 2. The molecule has 1 aliphatic heterocycles. The molecular formula is C49H63ClFNO8. The number of carbonyl (C=O) groups excluding carboxylic acids is 4. The number of rotatable bonds is 12. The van der Waals surface area contributed by atoms with Crippen LogP contribution in [0, 0.1) is 28.6 Å². The van der Waals surface area contributed by atoms with Crippen LogP contribution in [0.4, 0.5) is 4.39 Å². The first-order valence-corrected chi connectivity index (χ1v) is 22.2. The van der Waals surface area contributed by atoms with E-state index in [2.05, 4.69) is 55.3 Å². The number of esters is 2. The highest BCUT2D eigenvalue weighted by Crippen LogP contribution is 2.71. The first-order chi connectivity index (χ1) is 28.4. The third-order valence-electron chi connectivity index (χ3n) is 15.0. The molecule has 10 atom stereocenters. The zero-order chi connectivity index (χ0) is 43.7. The largest absolute Gasteiger partial charge is 0.457 e. The van der Waals surface area contributed by atoms with Crippen molar-refractivity contribution in [1.29, 1.82) is 0 Å². The minimum absolute atomic E-state index is 0.0430. The minimum Gasteiger partial charge on any atom is -0.457 e. The molecule has 60 heavy (non-hydrogen) atoms. The highest BCUT2D eigenvalue weighted by atomic mass is 35.5. The Hall–Kier alpha value is -3.70. The molecule has 0 spiro atoms. The molecule has 1 saturated heterocycles. The molecule has 11 heteroatoms. The first kappa shape index (κ1) is 45.8. The number of fused-ring (bicyclic) bond motifs is 5. The minimum atomic E-state index is -2.05. The molecule has 1 heterocycles. The smallest absolute Gasteiger partial charge is 0.306 e. The summed E-state index contributed by atoms with van der Waals surface area (Å²) in [5.74, 6) is -3.31. The maximum atomic E-state index is 17.4. The van der Waals surface area contributed by atoms with E-state index in [9.17, 15) is 24.3 Å². The highest BCUT2D eigenvalue weighted by molar-refractivity contribution is 6.30. The van der Waals surface area contributed by atoms with E-state index < -0.39 is 70.0 Å². The number of likely N-dealkylation sites (tertiary alicyclic amines) is 1. The number of hydrogen-bond acceptors (Lipinski definition) is 9. The molecule has 0 unspecified atom stereocenters. The quantitative estimate of drug-likeness (QED) is 0.209. The standard InChI is InChI=1S/C28H37FO7.C21H26ClNO/c1-6-23(33)35-15-22(32)28(36-24(34)7-2)16(3)12-20-19-9-8-17-13-18(30)10-11-25(17,4)27(19,29)21(31)14-26(20,28)5;1-21(17-7-4-3-5-8-17,18-10-12-19(22)13-11-18)24-16-14-20-9-6-15-23(20)2/h10-11,13,16,19-21,31H,6-9,12,14-15H2,1-5H3;3-5,7-8,10-13,20H,6,9,14-16H2,1-2H3/t16-,19-,20-,21-,25-,26-,27-,28-;20-,21-/m01/s1. The number of nitrogens with zero attached hydrogens (tertiary/aromatic N) is 1. The fourth-order valence-electron chi connectivity index (χ4n) is 11.6. The van der Waals surface area contributed by atoms with Crippen LogP contribution in [0.2, 0.25) is 5.02 Å². The van der Waals surface area contributed by atoms with Crippen molar-refractivity contribution in [1.82, 2.24) is 4.90 Å². The lowest BCUT2D eigenvalue weighted by Crippen LogP contribution is -2.70. The van der Waals surface area contributed by atoms with Gasteiger partial charge >= 0.3 is 11.9 Å². The summed E-state index contributed by atoms with van der Waals surface area (Å²) in [6.07, 6.45) is 7.97. The van der Waals surface area contributed by atoms with Gasteiger partial charge in [-0.3, -0.25) is 19.2 Å². The molecule has 0 radical (unpaired) electrons. The maximum Gasteiger partial charge on any atom is 0.306 e. The van der Waals surface area contributed by atoms with Gasteiger partial charge in [0, 0.05) is 53.2 Å². The van der Waals surface area contributed by atoms with E-state index in [4.69, 9.17) is 25.8 Å². The number of allylic oxidation sites excluding steroid dienone is 4. The monoisotopic (exact) mass is 847 g/mol. The molecule has 2 aromatic carbocycles. The summed E-state index contributed by atoms with van der Waals surface area (Å²) < 4.78 is 35.0. The Labute approximate surface area is 360 Å². The molecule has 2 aromatic rings. The average molecular weight is 848 g/mol. The van der Waals surface area contributed by atoms with Crippen LogP contribution in [0.25, 0.3) is 0 Å². The number of benzene rings is 2. The van der Waals surface area contributed by atoms with Gasteiger partial charge < -0.3 is 24.2 Å². The van der Waals surface area contributed by atoms with E-state index in [0.29, 0.717) is 30.9 Å². The second-order valence-corrected chi connectivity index (χ2v) is 18.7. The highest BCUT2D eigenvalue weighted by Gasteiger charge is 2.77. The van der Waals surface area contributed by atoms with Crippen molar-refractivity contribution in [2.24, 2.45) is 28.6 Å². The van der Waals surface area contributed by atoms with Crippen molar-refractivity contribution < 1.29 is 42.9 Å². The third-order valence-corrected chi connectivity index (χ3v) is 15.3. The summed E-state index contributed by atoms with van der Waals surface area (Å²) in [6, 6.07) is 19.1. The van der Waals surface area contributed by atoms with Gasteiger partial charge in [0.1, 0.15) is 5.60 Å². The van der Waals surface area contributed by atoms with Crippen LogP contribution in [0.15, 0.2) is 78.4 Å². The van der Waals surface area contributed by atoms with Gasteiger partial charge in [-0.15, -0.1) is 0 Å². The van der Waals surface area contributed by atoms with Crippen LogP contribution >= 0.6 is 11.6 Å². The number of ether oxygens (including phenoxy) is 3. The summed E-state index contributed by atoms with van der Waals surface area (Å²) >= 11 is 6.07. The van der Waals surface area contributed by atoms with Crippen LogP contribution in [0.5, 0.6) is 0 Å². The molecule has 1 N–H and O–H groups in total. The van der Waals surface area contributed by atoms with Crippen LogP contribution in [0.3, 0.4) is 0 Å². The average Bonchev–Trinajstić information content (AvgIpc) is 3.74. The molecule has 0 aromatic heterocycles. The van der Waals surface area contributed by atoms with Crippen molar-refractivity contribution >= 4 is 35.1 Å². The van der Waals surface area contributed by atoms with Crippen LogP contribution < -0.4 is 0 Å². The maximum absolute atomic E-state index is 17.4. The molecule has 3 saturated carbocycles. The number of hydrogen-bond donors (Lipinski definition) is 1.